The van der Waals surface area contributed by atoms with E-state index < -0.39 is 6.10 Å². The molecule has 1 heterocycles. The average molecular weight is 244 g/mol. The summed E-state index contributed by atoms with van der Waals surface area (Å²) in [5.41, 5.74) is 2.12. The fourth-order valence-electron chi connectivity index (χ4n) is 2.58. The van der Waals surface area contributed by atoms with E-state index in [1.54, 1.807) is 11.3 Å². The molecule has 0 saturated heterocycles. The quantitative estimate of drug-likeness (QED) is 0.781. The monoisotopic (exact) mass is 244 g/mol. The summed E-state index contributed by atoms with van der Waals surface area (Å²) >= 11 is 1.70. The summed E-state index contributed by atoms with van der Waals surface area (Å²) in [6.45, 7) is 6.19. The van der Waals surface area contributed by atoms with E-state index in [0.717, 1.165) is 18.4 Å². The lowest BCUT2D eigenvalue weighted by Crippen LogP contribution is -2.35. The van der Waals surface area contributed by atoms with Crippen molar-refractivity contribution in [3.8, 4) is 0 Å². The van der Waals surface area contributed by atoms with Crippen LogP contribution in [0.1, 0.15) is 31.4 Å². The molecule has 1 fully saturated rings. The van der Waals surface area contributed by atoms with Crippen molar-refractivity contribution in [1.82, 2.24) is 0 Å². The zero-order valence-electron chi connectivity index (χ0n) is 9.94. The molecule has 1 aliphatic carbocycles. The summed E-state index contributed by atoms with van der Waals surface area (Å²) in [4.78, 5) is 0. The van der Waals surface area contributed by atoms with Gasteiger partial charge >= 0.3 is 0 Å². The molecule has 1 aromatic heterocycles. The van der Waals surface area contributed by atoms with Crippen LogP contribution in [0.5, 0.6) is 0 Å². The minimum absolute atomic E-state index is 0.121. The lowest BCUT2D eigenvalue weighted by Gasteiger charge is -2.44. The Hall–Kier alpha value is -1.12. The third-order valence-electron chi connectivity index (χ3n) is 4.16. The first-order valence-electron chi connectivity index (χ1n) is 5.95. The molecule has 0 amide bonds. The second-order valence-electron chi connectivity index (χ2n) is 5.11. The normalized spacial score (nSPS) is 25.9. The molecule has 88 valence electrons. The van der Waals surface area contributed by atoms with E-state index in [1.807, 2.05) is 12.1 Å². The number of aliphatic hydroxyl groups excluding tert-OH is 1. The molecule has 3 rings (SSSR count). The van der Waals surface area contributed by atoms with Gasteiger partial charge in [0.25, 0.3) is 0 Å². The highest BCUT2D eigenvalue weighted by molar-refractivity contribution is 7.17. The second kappa shape index (κ2) is 3.69. The van der Waals surface area contributed by atoms with Gasteiger partial charge in [-0.2, -0.15) is 0 Å². The molecule has 2 atom stereocenters. The van der Waals surface area contributed by atoms with E-state index in [2.05, 4.69) is 31.0 Å². The topological polar surface area (TPSA) is 20.2 Å². The van der Waals surface area contributed by atoms with Crippen LogP contribution in [-0.4, -0.2) is 5.11 Å². The third-order valence-corrected chi connectivity index (χ3v) is 5.14. The van der Waals surface area contributed by atoms with Crippen LogP contribution in [0, 0.1) is 5.41 Å². The molecule has 0 aliphatic heterocycles. The molecule has 2 unspecified atom stereocenters. The first-order valence-corrected chi connectivity index (χ1v) is 6.83. The van der Waals surface area contributed by atoms with Gasteiger partial charge in [-0.1, -0.05) is 37.3 Å². The van der Waals surface area contributed by atoms with Crippen molar-refractivity contribution in [2.75, 3.05) is 0 Å². The van der Waals surface area contributed by atoms with Crippen molar-refractivity contribution in [2.45, 2.75) is 25.9 Å². The molecular weight excluding hydrogens is 228 g/mol. The van der Waals surface area contributed by atoms with Crippen molar-refractivity contribution in [2.24, 2.45) is 5.41 Å². The van der Waals surface area contributed by atoms with Gasteiger partial charge in [-0.25, -0.2) is 0 Å². The number of hydrogen-bond acceptors (Lipinski definition) is 2. The van der Waals surface area contributed by atoms with Crippen molar-refractivity contribution < 1.29 is 5.11 Å². The molecule has 0 bridgehead atoms. The maximum Gasteiger partial charge on any atom is 0.0894 e. The number of benzene rings is 1. The molecule has 2 heteroatoms. The van der Waals surface area contributed by atoms with E-state index in [1.165, 1.54) is 15.7 Å². The molecule has 1 saturated carbocycles. The van der Waals surface area contributed by atoms with Gasteiger partial charge in [0.05, 0.1) is 6.10 Å². The molecule has 1 nitrogen and oxygen atoms in total. The van der Waals surface area contributed by atoms with Gasteiger partial charge in [0.15, 0.2) is 0 Å². The van der Waals surface area contributed by atoms with E-state index in [9.17, 15) is 5.11 Å². The largest absolute Gasteiger partial charge is 0.387 e. The molecule has 1 aromatic carbocycles. The van der Waals surface area contributed by atoms with Gasteiger partial charge in [0, 0.05) is 10.1 Å². The standard InChI is InChI=1S/C15H16OS/c1-10-7-8-15(10,2)14(16)12-9-17-13-6-4-3-5-11(12)13/h3-6,9,14,16H,1,7-8H2,2H3. The van der Waals surface area contributed by atoms with Crippen LogP contribution in [0.25, 0.3) is 10.1 Å². The molecule has 0 radical (unpaired) electrons. The smallest absolute Gasteiger partial charge is 0.0894 e. The van der Waals surface area contributed by atoms with Crippen LogP contribution in [0.3, 0.4) is 0 Å². The second-order valence-corrected chi connectivity index (χ2v) is 6.02. The van der Waals surface area contributed by atoms with Gasteiger partial charge in [-0.3, -0.25) is 0 Å². The predicted molar refractivity (Wildman–Crippen MR) is 73.3 cm³/mol. The van der Waals surface area contributed by atoms with Crippen molar-refractivity contribution in [3.63, 3.8) is 0 Å². The van der Waals surface area contributed by atoms with Crippen LogP contribution in [0.2, 0.25) is 0 Å². The highest BCUT2D eigenvalue weighted by atomic mass is 32.1. The molecule has 1 N–H and O–H groups in total. The summed E-state index contributed by atoms with van der Waals surface area (Å²) in [5, 5.41) is 13.9. The fourth-order valence-corrected chi connectivity index (χ4v) is 3.56. The Morgan fingerprint density at radius 1 is 1.41 bits per heavy atom. The number of thiophene rings is 1. The van der Waals surface area contributed by atoms with Crippen LogP contribution in [0.4, 0.5) is 0 Å². The highest BCUT2D eigenvalue weighted by Crippen LogP contribution is 2.54. The van der Waals surface area contributed by atoms with Gasteiger partial charge in [0.1, 0.15) is 0 Å². The van der Waals surface area contributed by atoms with Gasteiger partial charge in [0.2, 0.25) is 0 Å². The number of fused-ring (bicyclic) bond motifs is 1. The Kier molecular flexibility index (Phi) is 2.39. The fraction of sp³-hybridized carbons (Fsp3) is 0.333. The van der Waals surface area contributed by atoms with Gasteiger partial charge < -0.3 is 5.11 Å². The SMILES string of the molecule is C=C1CCC1(C)C(O)c1csc2ccccc12. The lowest BCUT2D eigenvalue weighted by atomic mass is 9.62. The molecular formula is C15H16OS. The van der Waals surface area contributed by atoms with Gasteiger partial charge in [-0.05, 0) is 35.2 Å². The Morgan fingerprint density at radius 3 is 2.82 bits per heavy atom. The predicted octanol–water partition coefficient (Wildman–Crippen LogP) is 4.29. The Morgan fingerprint density at radius 2 is 2.18 bits per heavy atom. The molecule has 17 heavy (non-hydrogen) atoms. The summed E-state index contributed by atoms with van der Waals surface area (Å²) in [6.07, 6.45) is 1.67. The number of hydrogen-bond donors (Lipinski definition) is 1. The average Bonchev–Trinajstić information content (AvgIpc) is 2.79. The van der Waals surface area contributed by atoms with E-state index in [-0.39, 0.29) is 5.41 Å². The van der Waals surface area contributed by atoms with Crippen molar-refractivity contribution >= 4 is 21.4 Å². The number of rotatable bonds is 2. The van der Waals surface area contributed by atoms with Crippen LogP contribution >= 0.6 is 11.3 Å². The first-order chi connectivity index (χ1) is 8.13. The zero-order valence-corrected chi connectivity index (χ0v) is 10.8. The Balaban J connectivity index is 2.07. The number of aliphatic hydroxyl groups is 1. The summed E-state index contributed by atoms with van der Waals surface area (Å²) in [7, 11) is 0. The molecule has 2 aromatic rings. The van der Waals surface area contributed by atoms with Crippen LogP contribution < -0.4 is 0 Å². The van der Waals surface area contributed by atoms with E-state index in [4.69, 9.17) is 0 Å². The summed E-state index contributed by atoms with van der Waals surface area (Å²) in [6, 6.07) is 8.27. The highest BCUT2D eigenvalue weighted by Gasteiger charge is 2.43. The molecule has 0 spiro atoms. The van der Waals surface area contributed by atoms with Gasteiger partial charge in [-0.15, -0.1) is 11.3 Å². The Bertz CT molecular complexity index is 583. The first kappa shape index (κ1) is 11.0. The lowest BCUT2D eigenvalue weighted by molar-refractivity contribution is 0.0276. The van der Waals surface area contributed by atoms with Crippen LogP contribution in [0.15, 0.2) is 41.8 Å². The van der Waals surface area contributed by atoms with E-state index in [0.29, 0.717) is 0 Å². The minimum atomic E-state index is -0.417. The van der Waals surface area contributed by atoms with E-state index >= 15 is 0 Å². The summed E-state index contributed by atoms with van der Waals surface area (Å²) < 4.78 is 1.25. The minimum Gasteiger partial charge on any atom is -0.387 e. The Labute approximate surface area is 105 Å². The summed E-state index contributed by atoms with van der Waals surface area (Å²) in [5.74, 6) is 0. The van der Waals surface area contributed by atoms with Crippen molar-refractivity contribution in [1.29, 1.82) is 0 Å². The van der Waals surface area contributed by atoms with Crippen molar-refractivity contribution in [3.05, 3.63) is 47.4 Å². The molecule has 1 aliphatic rings. The third kappa shape index (κ3) is 1.48. The maximum atomic E-state index is 10.6. The zero-order chi connectivity index (χ0) is 12.0. The maximum absolute atomic E-state index is 10.6. The van der Waals surface area contributed by atoms with Crippen LogP contribution in [-0.2, 0) is 0 Å².